The topological polar surface area (TPSA) is 41.6 Å². The quantitative estimate of drug-likeness (QED) is 0.902. The minimum Gasteiger partial charge on any atom is -0.495 e. The number of nitrogens with one attached hydrogen (secondary N) is 1. The third kappa shape index (κ3) is 2.52. The molecule has 0 saturated carbocycles. The van der Waals surface area contributed by atoms with Crippen molar-refractivity contribution >= 4 is 29.0 Å². The van der Waals surface area contributed by atoms with Gasteiger partial charge in [0.05, 0.1) is 18.7 Å². The van der Waals surface area contributed by atoms with Crippen molar-refractivity contribution in [2.45, 2.75) is 19.3 Å². The van der Waals surface area contributed by atoms with Crippen molar-refractivity contribution in [3.8, 4) is 5.75 Å². The van der Waals surface area contributed by atoms with Gasteiger partial charge in [0.15, 0.2) is 0 Å². The van der Waals surface area contributed by atoms with Crippen LogP contribution in [-0.2, 0) is 11.2 Å². The van der Waals surface area contributed by atoms with Gasteiger partial charge in [-0.2, -0.15) is 0 Å². The Morgan fingerprint density at radius 3 is 3.00 bits per heavy atom. The smallest absolute Gasteiger partial charge is 0.224 e. The van der Waals surface area contributed by atoms with E-state index in [9.17, 15) is 4.79 Å². The van der Waals surface area contributed by atoms with E-state index >= 15 is 0 Å². The van der Waals surface area contributed by atoms with Gasteiger partial charge in [-0.15, -0.1) is 11.8 Å². The summed E-state index contributed by atoms with van der Waals surface area (Å²) < 4.78 is 5.50. The first-order valence-electron chi connectivity index (χ1n) is 6.61. The van der Waals surface area contributed by atoms with Crippen LogP contribution in [0, 0.1) is 0 Å². The van der Waals surface area contributed by atoms with Gasteiger partial charge in [0.25, 0.3) is 0 Å². The molecule has 1 fully saturated rings. The summed E-state index contributed by atoms with van der Waals surface area (Å²) in [5, 5.41) is 2.97. The van der Waals surface area contributed by atoms with Crippen LogP contribution >= 0.6 is 11.8 Å². The molecule has 2 aliphatic rings. The molecular formula is C14H18N2O2S. The van der Waals surface area contributed by atoms with Gasteiger partial charge in [-0.05, 0) is 24.5 Å². The maximum atomic E-state index is 11.6. The summed E-state index contributed by atoms with van der Waals surface area (Å²) in [7, 11) is 1.69. The first-order valence-corrected chi connectivity index (χ1v) is 7.77. The highest BCUT2D eigenvalue weighted by molar-refractivity contribution is 7.99. The molecule has 1 N–H and O–H groups in total. The second-order valence-corrected chi connectivity index (χ2v) is 5.96. The SMILES string of the molecule is COc1cc2c(cc1N1CCSC1)CCCC(=O)N2. The number of rotatable bonds is 2. The van der Waals surface area contributed by atoms with Crippen LogP contribution in [0.5, 0.6) is 5.75 Å². The number of anilines is 2. The summed E-state index contributed by atoms with van der Waals surface area (Å²) in [6.45, 7) is 1.06. The summed E-state index contributed by atoms with van der Waals surface area (Å²) in [5.74, 6) is 3.13. The molecule has 4 nitrogen and oxygen atoms in total. The monoisotopic (exact) mass is 278 g/mol. The molecule has 2 heterocycles. The summed E-state index contributed by atoms with van der Waals surface area (Å²) in [6, 6.07) is 4.16. The van der Waals surface area contributed by atoms with Crippen molar-refractivity contribution in [3.63, 3.8) is 0 Å². The van der Waals surface area contributed by atoms with Crippen LogP contribution in [0.3, 0.4) is 0 Å². The molecule has 19 heavy (non-hydrogen) atoms. The van der Waals surface area contributed by atoms with E-state index in [0.717, 1.165) is 48.1 Å². The number of hydrogen-bond acceptors (Lipinski definition) is 4. The Morgan fingerprint density at radius 2 is 2.26 bits per heavy atom. The lowest BCUT2D eigenvalue weighted by Gasteiger charge is -2.22. The molecule has 0 bridgehead atoms. The van der Waals surface area contributed by atoms with Crippen molar-refractivity contribution in [3.05, 3.63) is 17.7 Å². The molecule has 0 radical (unpaired) electrons. The molecule has 3 rings (SSSR count). The zero-order valence-electron chi connectivity index (χ0n) is 11.1. The molecule has 0 atom stereocenters. The Kier molecular flexibility index (Phi) is 3.55. The highest BCUT2D eigenvalue weighted by Gasteiger charge is 2.21. The predicted molar refractivity (Wildman–Crippen MR) is 79.2 cm³/mol. The first kappa shape index (κ1) is 12.7. The van der Waals surface area contributed by atoms with Gasteiger partial charge in [-0.25, -0.2) is 0 Å². The minimum absolute atomic E-state index is 0.102. The van der Waals surface area contributed by atoms with E-state index in [1.165, 1.54) is 5.56 Å². The highest BCUT2D eigenvalue weighted by atomic mass is 32.2. The van der Waals surface area contributed by atoms with Crippen LogP contribution in [0.4, 0.5) is 11.4 Å². The van der Waals surface area contributed by atoms with Crippen molar-refractivity contribution in [1.82, 2.24) is 0 Å². The number of ether oxygens (including phenoxy) is 1. The van der Waals surface area contributed by atoms with E-state index in [1.807, 2.05) is 17.8 Å². The van der Waals surface area contributed by atoms with Crippen LogP contribution in [0.1, 0.15) is 18.4 Å². The molecule has 0 aliphatic carbocycles. The van der Waals surface area contributed by atoms with Gasteiger partial charge in [0, 0.05) is 30.5 Å². The second kappa shape index (κ2) is 5.33. The number of fused-ring (bicyclic) bond motifs is 1. The van der Waals surface area contributed by atoms with Crippen molar-refractivity contribution in [1.29, 1.82) is 0 Å². The third-order valence-electron chi connectivity index (χ3n) is 3.62. The van der Waals surface area contributed by atoms with E-state index in [1.54, 1.807) is 7.11 Å². The fourth-order valence-electron chi connectivity index (χ4n) is 2.60. The minimum atomic E-state index is 0.102. The lowest BCUT2D eigenvalue weighted by Crippen LogP contribution is -2.19. The van der Waals surface area contributed by atoms with Crippen LogP contribution in [-0.4, -0.2) is 31.2 Å². The Balaban J connectivity index is 2.00. The molecule has 1 saturated heterocycles. The fraction of sp³-hybridized carbons (Fsp3) is 0.500. The van der Waals surface area contributed by atoms with Crippen molar-refractivity contribution in [2.24, 2.45) is 0 Å². The number of benzene rings is 1. The number of hydrogen-bond donors (Lipinski definition) is 1. The molecule has 0 unspecified atom stereocenters. The molecular weight excluding hydrogens is 260 g/mol. The summed E-state index contributed by atoms with van der Waals surface area (Å²) in [6.07, 6.45) is 2.47. The zero-order chi connectivity index (χ0) is 13.2. The Bertz CT molecular complexity index is 498. The molecule has 1 amide bonds. The summed E-state index contributed by atoms with van der Waals surface area (Å²) >= 11 is 1.94. The van der Waals surface area contributed by atoms with Gasteiger partial charge in [-0.3, -0.25) is 4.79 Å². The number of amides is 1. The predicted octanol–water partition coefficient (Wildman–Crippen LogP) is 2.48. The van der Waals surface area contributed by atoms with Gasteiger partial charge < -0.3 is 15.0 Å². The number of nitrogens with zero attached hydrogens (tertiary/aromatic N) is 1. The molecule has 5 heteroatoms. The van der Waals surface area contributed by atoms with E-state index in [0.29, 0.717) is 6.42 Å². The third-order valence-corrected chi connectivity index (χ3v) is 4.59. The Labute approximate surface area is 117 Å². The molecule has 1 aromatic carbocycles. The van der Waals surface area contributed by atoms with E-state index < -0.39 is 0 Å². The zero-order valence-corrected chi connectivity index (χ0v) is 11.9. The van der Waals surface area contributed by atoms with Gasteiger partial charge >= 0.3 is 0 Å². The van der Waals surface area contributed by atoms with Crippen LogP contribution in [0.25, 0.3) is 0 Å². The van der Waals surface area contributed by atoms with Crippen LogP contribution in [0.15, 0.2) is 12.1 Å². The van der Waals surface area contributed by atoms with Crippen molar-refractivity contribution in [2.75, 3.05) is 35.5 Å². The lowest BCUT2D eigenvalue weighted by molar-refractivity contribution is -0.116. The molecule has 0 aromatic heterocycles. The Hall–Kier alpha value is -1.36. The number of aryl methyl sites for hydroxylation is 1. The van der Waals surface area contributed by atoms with E-state index in [-0.39, 0.29) is 5.91 Å². The second-order valence-electron chi connectivity index (χ2n) is 4.88. The van der Waals surface area contributed by atoms with Gasteiger partial charge in [0.1, 0.15) is 5.75 Å². The molecule has 2 aliphatic heterocycles. The van der Waals surface area contributed by atoms with E-state index in [2.05, 4.69) is 16.3 Å². The highest BCUT2D eigenvalue weighted by Crippen LogP contribution is 2.38. The first-order chi connectivity index (χ1) is 9.28. The summed E-state index contributed by atoms with van der Waals surface area (Å²) in [4.78, 5) is 14.0. The maximum Gasteiger partial charge on any atom is 0.224 e. The summed E-state index contributed by atoms with van der Waals surface area (Å²) in [5.41, 5.74) is 3.29. The van der Waals surface area contributed by atoms with Gasteiger partial charge in [-0.1, -0.05) is 0 Å². The van der Waals surface area contributed by atoms with E-state index in [4.69, 9.17) is 4.74 Å². The average Bonchev–Trinajstić information content (AvgIpc) is 2.87. The number of methoxy groups -OCH3 is 1. The largest absolute Gasteiger partial charge is 0.495 e. The number of carbonyl (C=O) groups excluding carboxylic acids is 1. The fourth-order valence-corrected chi connectivity index (χ4v) is 3.57. The normalized spacial score (nSPS) is 18.8. The average molecular weight is 278 g/mol. The number of carbonyl (C=O) groups is 1. The van der Waals surface area contributed by atoms with Crippen molar-refractivity contribution < 1.29 is 9.53 Å². The van der Waals surface area contributed by atoms with Crippen LogP contribution < -0.4 is 15.0 Å². The maximum absolute atomic E-state index is 11.6. The lowest BCUT2D eigenvalue weighted by atomic mass is 10.1. The van der Waals surface area contributed by atoms with Crippen LogP contribution in [0.2, 0.25) is 0 Å². The van der Waals surface area contributed by atoms with Gasteiger partial charge in [0.2, 0.25) is 5.91 Å². The molecule has 102 valence electrons. The molecule has 0 spiro atoms. The molecule has 1 aromatic rings. The standard InChI is InChI=1S/C14H18N2O2S/c1-18-13-8-11-10(3-2-4-14(17)15-11)7-12(13)16-5-6-19-9-16/h7-8H,2-6,9H2,1H3,(H,15,17). The number of thioether (sulfide) groups is 1. The Morgan fingerprint density at radius 1 is 1.37 bits per heavy atom.